The van der Waals surface area contributed by atoms with Gasteiger partial charge in [0.25, 0.3) is 5.91 Å². The van der Waals surface area contributed by atoms with Crippen molar-refractivity contribution >= 4 is 23.2 Å². The van der Waals surface area contributed by atoms with Gasteiger partial charge in [-0.1, -0.05) is 12.8 Å². The highest BCUT2D eigenvalue weighted by Gasteiger charge is 2.31. The molecule has 24 heavy (non-hydrogen) atoms. The van der Waals surface area contributed by atoms with Gasteiger partial charge in [-0.15, -0.1) is 11.3 Å². The SMILES string of the molecule is Cc1nc(C2CCCC2)sc1C(=O)N1CCCCC1CCC(=O)O. The van der Waals surface area contributed by atoms with Crippen LogP contribution in [0.2, 0.25) is 0 Å². The topological polar surface area (TPSA) is 70.5 Å². The second-order valence-corrected chi connectivity index (χ2v) is 8.06. The molecule has 0 radical (unpaired) electrons. The van der Waals surface area contributed by atoms with Gasteiger partial charge in [-0.2, -0.15) is 0 Å². The molecule has 5 nitrogen and oxygen atoms in total. The van der Waals surface area contributed by atoms with E-state index in [0.29, 0.717) is 12.3 Å². The molecule has 6 heteroatoms. The number of thiazole rings is 1. The lowest BCUT2D eigenvalue weighted by molar-refractivity contribution is -0.137. The maximum atomic E-state index is 13.1. The minimum absolute atomic E-state index is 0.0544. The van der Waals surface area contributed by atoms with Crippen LogP contribution in [-0.2, 0) is 4.79 Å². The number of aryl methyl sites for hydroxylation is 1. The van der Waals surface area contributed by atoms with Crippen molar-refractivity contribution in [3.63, 3.8) is 0 Å². The maximum Gasteiger partial charge on any atom is 0.303 e. The van der Waals surface area contributed by atoms with Crippen molar-refractivity contribution in [1.29, 1.82) is 0 Å². The van der Waals surface area contributed by atoms with Crippen LogP contribution >= 0.6 is 11.3 Å². The number of carboxylic acids is 1. The van der Waals surface area contributed by atoms with Crippen molar-refractivity contribution in [2.45, 2.75) is 76.7 Å². The lowest BCUT2D eigenvalue weighted by atomic mass is 9.97. The molecular weight excluding hydrogens is 324 g/mol. The molecule has 0 bridgehead atoms. The smallest absolute Gasteiger partial charge is 0.303 e. The van der Waals surface area contributed by atoms with Crippen LogP contribution < -0.4 is 0 Å². The molecule has 1 amide bonds. The zero-order valence-electron chi connectivity index (χ0n) is 14.3. The van der Waals surface area contributed by atoms with Gasteiger partial charge in [-0.3, -0.25) is 9.59 Å². The van der Waals surface area contributed by atoms with Crippen molar-refractivity contribution in [2.75, 3.05) is 6.54 Å². The van der Waals surface area contributed by atoms with Crippen molar-refractivity contribution < 1.29 is 14.7 Å². The van der Waals surface area contributed by atoms with E-state index in [2.05, 4.69) is 4.98 Å². The Kier molecular flexibility index (Phi) is 5.54. The average Bonchev–Trinajstić information content (AvgIpc) is 3.22. The molecule has 1 saturated heterocycles. The molecule has 1 aliphatic carbocycles. The molecule has 3 rings (SSSR count). The van der Waals surface area contributed by atoms with Gasteiger partial charge in [0, 0.05) is 24.9 Å². The van der Waals surface area contributed by atoms with Gasteiger partial charge in [0.2, 0.25) is 0 Å². The van der Waals surface area contributed by atoms with Crippen LogP contribution in [0.25, 0.3) is 0 Å². The molecule has 132 valence electrons. The number of nitrogens with zero attached hydrogens (tertiary/aromatic N) is 2. The van der Waals surface area contributed by atoms with Crippen LogP contribution in [0.15, 0.2) is 0 Å². The van der Waals surface area contributed by atoms with Crippen molar-refractivity contribution in [3.05, 3.63) is 15.6 Å². The summed E-state index contributed by atoms with van der Waals surface area (Å²) in [6.07, 6.45) is 8.55. The van der Waals surface area contributed by atoms with E-state index in [9.17, 15) is 9.59 Å². The summed E-state index contributed by atoms with van der Waals surface area (Å²) in [5, 5.41) is 10.1. The Balaban J connectivity index is 1.74. The quantitative estimate of drug-likeness (QED) is 0.872. The van der Waals surface area contributed by atoms with Crippen LogP contribution in [0.1, 0.15) is 84.1 Å². The lowest BCUT2D eigenvalue weighted by Crippen LogP contribution is -2.43. The molecule has 1 aromatic heterocycles. The third-order valence-electron chi connectivity index (χ3n) is 5.29. The highest BCUT2D eigenvalue weighted by atomic mass is 32.1. The fourth-order valence-corrected chi connectivity index (χ4v) is 5.14. The zero-order valence-corrected chi connectivity index (χ0v) is 15.1. The molecule has 1 saturated carbocycles. The summed E-state index contributed by atoms with van der Waals surface area (Å²) < 4.78 is 0. The Bertz CT molecular complexity index is 607. The van der Waals surface area contributed by atoms with E-state index in [1.807, 2.05) is 11.8 Å². The number of piperidine rings is 1. The first kappa shape index (κ1) is 17.4. The predicted octanol–water partition coefficient (Wildman–Crippen LogP) is 3.97. The Morgan fingerprint density at radius 1 is 1.21 bits per heavy atom. The Morgan fingerprint density at radius 3 is 2.62 bits per heavy atom. The summed E-state index contributed by atoms with van der Waals surface area (Å²) in [5.41, 5.74) is 0.842. The molecule has 1 N–H and O–H groups in total. The van der Waals surface area contributed by atoms with Gasteiger partial charge in [0.1, 0.15) is 4.88 Å². The number of hydrogen-bond acceptors (Lipinski definition) is 4. The molecule has 0 spiro atoms. The number of carbonyl (C=O) groups excluding carboxylic acids is 1. The van der Waals surface area contributed by atoms with Crippen LogP contribution in [-0.4, -0.2) is 39.5 Å². The summed E-state index contributed by atoms with van der Waals surface area (Å²) in [5.74, 6) is -0.200. The number of carboxylic acid groups (broad SMARTS) is 1. The third-order valence-corrected chi connectivity index (χ3v) is 6.60. The second kappa shape index (κ2) is 7.64. The van der Waals surface area contributed by atoms with Crippen molar-refractivity contribution in [2.24, 2.45) is 0 Å². The van der Waals surface area contributed by atoms with E-state index in [4.69, 9.17) is 5.11 Å². The van der Waals surface area contributed by atoms with E-state index in [0.717, 1.165) is 41.4 Å². The zero-order chi connectivity index (χ0) is 17.1. The fourth-order valence-electron chi connectivity index (χ4n) is 3.95. The minimum atomic E-state index is -0.787. The normalized spacial score (nSPS) is 22.0. The Morgan fingerprint density at radius 2 is 1.92 bits per heavy atom. The number of carbonyl (C=O) groups is 2. The first-order valence-electron chi connectivity index (χ1n) is 9.06. The number of aromatic nitrogens is 1. The minimum Gasteiger partial charge on any atom is -0.481 e. The van der Waals surface area contributed by atoms with E-state index >= 15 is 0 Å². The van der Waals surface area contributed by atoms with Gasteiger partial charge in [0.15, 0.2) is 0 Å². The molecule has 1 aromatic rings. The van der Waals surface area contributed by atoms with Gasteiger partial charge < -0.3 is 10.0 Å². The molecule has 2 fully saturated rings. The number of amides is 1. The molecule has 2 heterocycles. The summed E-state index contributed by atoms with van der Waals surface area (Å²) >= 11 is 1.57. The average molecular weight is 350 g/mol. The summed E-state index contributed by atoms with van der Waals surface area (Å²) in [6.45, 7) is 2.66. The highest BCUT2D eigenvalue weighted by molar-refractivity contribution is 7.13. The van der Waals surface area contributed by atoms with E-state index in [-0.39, 0.29) is 18.4 Å². The van der Waals surface area contributed by atoms with Gasteiger partial charge in [-0.05, 0) is 45.4 Å². The molecular formula is C18H26N2O3S. The van der Waals surface area contributed by atoms with Gasteiger partial charge in [-0.25, -0.2) is 4.98 Å². The maximum absolute atomic E-state index is 13.1. The first-order valence-corrected chi connectivity index (χ1v) is 9.88. The Hall–Kier alpha value is -1.43. The predicted molar refractivity (Wildman–Crippen MR) is 93.6 cm³/mol. The van der Waals surface area contributed by atoms with Crippen LogP contribution in [0.4, 0.5) is 0 Å². The fraction of sp³-hybridized carbons (Fsp3) is 0.722. The third kappa shape index (κ3) is 3.79. The van der Waals surface area contributed by atoms with E-state index in [1.165, 1.54) is 25.7 Å². The van der Waals surface area contributed by atoms with E-state index in [1.54, 1.807) is 11.3 Å². The first-order chi connectivity index (χ1) is 11.6. The molecule has 1 atom stereocenters. The largest absolute Gasteiger partial charge is 0.481 e. The Labute approximate surface area is 147 Å². The lowest BCUT2D eigenvalue weighted by Gasteiger charge is -2.35. The van der Waals surface area contributed by atoms with Crippen molar-refractivity contribution in [1.82, 2.24) is 9.88 Å². The van der Waals surface area contributed by atoms with Crippen LogP contribution in [0, 0.1) is 6.92 Å². The van der Waals surface area contributed by atoms with Gasteiger partial charge in [0.05, 0.1) is 10.7 Å². The number of rotatable bonds is 5. The second-order valence-electron chi connectivity index (χ2n) is 7.03. The summed E-state index contributed by atoms with van der Waals surface area (Å²) in [4.78, 5) is 31.3. The number of likely N-dealkylation sites (tertiary alicyclic amines) is 1. The standard InChI is InChI=1S/C18H26N2O3S/c1-12-16(24-17(19-12)13-6-2-3-7-13)18(23)20-11-5-4-8-14(20)9-10-15(21)22/h13-14H,2-11H2,1H3,(H,21,22). The van der Waals surface area contributed by atoms with Crippen molar-refractivity contribution in [3.8, 4) is 0 Å². The number of hydrogen-bond donors (Lipinski definition) is 1. The molecule has 2 aliphatic rings. The molecule has 0 aromatic carbocycles. The van der Waals surface area contributed by atoms with Crippen LogP contribution in [0.5, 0.6) is 0 Å². The van der Waals surface area contributed by atoms with Gasteiger partial charge >= 0.3 is 5.97 Å². The monoisotopic (exact) mass is 350 g/mol. The summed E-state index contributed by atoms with van der Waals surface area (Å²) in [7, 11) is 0. The van der Waals surface area contributed by atoms with E-state index < -0.39 is 5.97 Å². The number of aliphatic carboxylic acids is 1. The van der Waals surface area contributed by atoms with Crippen LogP contribution in [0.3, 0.4) is 0 Å². The highest BCUT2D eigenvalue weighted by Crippen LogP contribution is 2.37. The summed E-state index contributed by atoms with van der Waals surface area (Å²) in [6, 6.07) is 0.0544. The molecule has 1 unspecified atom stereocenters. The molecule has 1 aliphatic heterocycles.